The summed E-state index contributed by atoms with van der Waals surface area (Å²) in [4.78, 5) is 24.3. The predicted octanol–water partition coefficient (Wildman–Crippen LogP) is 2.45. The van der Waals surface area contributed by atoms with Crippen molar-refractivity contribution in [3.05, 3.63) is 42.5 Å². The number of amides is 2. The van der Waals surface area contributed by atoms with E-state index >= 15 is 0 Å². The molecule has 0 heterocycles. The van der Waals surface area contributed by atoms with Crippen molar-refractivity contribution >= 4 is 17.5 Å². The van der Waals surface area contributed by atoms with Gasteiger partial charge >= 0.3 is 0 Å². The first-order valence-corrected chi connectivity index (χ1v) is 8.03. The van der Waals surface area contributed by atoms with Crippen LogP contribution in [0.4, 0.5) is 5.69 Å². The maximum atomic E-state index is 12.5. The highest BCUT2D eigenvalue weighted by Crippen LogP contribution is 2.32. The maximum Gasteiger partial charge on any atom is 0.251 e. The second-order valence-electron chi connectivity index (χ2n) is 6.37. The Balaban J connectivity index is 1.99. The summed E-state index contributed by atoms with van der Waals surface area (Å²) in [5.41, 5.74) is 7.04. The molecule has 2 amide bonds. The summed E-state index contributed by atoms with van der Waals surface area (Å²) in [5.74, 6) is -0.380. The first-order valence-electron chi connectivity index (χ1n) is 8.03. The van der Waals surface area contributed by atoms with Gasteiger partial charge in [-0.05, 0) is 44.0 Å². The molecule has 5 heteroatoms. The third kappa shape index (κ3) is 4.42. The Morgan fingerprint density at radius 3 is 2.65 bits per heavy atom. The van der Waals surface area contributed by atoms with Crippen LogP contribution in [-0.4, -0.2) is 23.9 Å². The molecule has 23 heavy (non-hydrogen) atoms. The number of nitrogens with one attached hydrogen (secondary N) is 2. The van der Waals surface area contributed by atoms with Crippen molar-refractivity contribution in [3.63, 3.8) is 0 Å². The van der Waals surface area contributed by atoms with Crippen molar-refractivity contribution in [2.45, 2.75) is 38.1 Å². The maximum absolute atomic E-state index is 12.5. The lowest BCUT2D eigenvalue weighted by Crippen LogP contribution is -2.51. The Morgan fingerprint density at radius 1 is 1.35 bits per heavy atom. The second-order valence-corrected chi connectivity index (χ2v) is 6.37. The quantitative estimate of drug-likeness (QED) is 0.730. The standard InChI is InChI=1S/C18H25N3O2/c1-3-12-20-16(22)13-7-9-14(10-8-13)21-17(23)15-6-4-5-11-18(15,2)19/h3,7-10,15H,1,4-6,11-12,19H2,2H3,(H,20,22)(H,21,23). The molecule has 0 bridgehead atoms. The summed E-state index contributed by atoms with van der Waals surface area (Å²) in [6, 6.07) is 6.85. The highest BCUT2D eigenvalue weighted by Gasteiger charge is 2.37. The fourth-order valence-corrected chi connectivity index (χ4v) is 2.99. The van der Waals surface area contributed by atoms with Crippen LogP contribution >= 0.6 is 0 Å². The van der Waals surface area contributed by atoms with Gasteiger partial charge < -0.3 is 16.4 Å². The van der Waals surface area contributed by atoms with E-state index in [1.807, 2.05) is 6.92 Å². The first kappa shape index (κ1) is 17.2. The molecule has 1 aliphatic carbocycles. The van der Waals surface area contributed by atoms with E-state index in [9.17, 15) is 9.59 Å². The number of hydrogen-bond acceptors (Lipinski definition) is 3. The summed E-state index contributed by atoms with van der Waals surface area (Å²) in [6.45, 7) is 5.93. The van der Waals surface area contributed by atoms with Gasteiger partial charge in [0.15, 0.2) is 0 Å². The lowest BCUT2D eigenvalue weighted by atomic mass is 9.74. The van der Waals surface area contributed by atoms with E-state index in [0.29, 0.717) is 17.8 Å². The van der Waals surface area contributed by atoms with Crippen LogP contribution in [0.15, 0.2) is 36.9 Å². The molecule has 1 aromatic rings. The van der Waals surface area contributed by atoms with Crippen LogP contribution in [0.25, 0.3) is 0 Å². The van der Waals surface area contributed by atoms with Crippen LogP contribution in [0.3, 0.4) is 0 Å². The molecule has 0 aliphatic heterocycles. The topological polar surface area (TPSA) is 84.2 Å². The van der Waals surface area contributed by atoms with Gasteiger partial charge in [0.1, 0.15) is 0 Å². The molecule has 1 aromatic carbocycles. The SMILES string of the molecule is C=CCNC(=O)c1ccc(NC(=O)C2CCCCC2(C)N)cc1. The van der Waals surface area contributed by atoms with Gasteiger partial charge in [-0.2, -0.15) is 0 Å². The van der Waals surface area contributed by atoms with E-state index in [0.717, 1.165) is 25.7 Å². The number of carbonyl (C=O) groups is 2. The van der Waals surface area contributed by atoms with Crippen LogP contribution in [0, 0.1) is 5.92 Å². The highest BCUT2D eigenvalue weighted by molar-refractivity contribution is 5.96. The van der Waals surface area contributed by atoms with Crippen molar-refractivity contribution in [3.8, 4) is 0 Å². The lowest BCUT2D eigenvalue weighted by Gasteiger charge is -2.37. The number of benzene rings is 1. The van der Waals surface area contributed by atoms with Gasteiger partial charge in [-0.15, -0.1) is 6.58 Å². The van der Waals surface area contributed by atoms with Gasteiger partial charge in [-0.3, -0.25) is 9.59 Å². The summed E-state index contributed by atoms with van der Waals surface area (Å²) >= 11 is 0. The molecule has 1 fully saturated rings. The normalized spacial score (nSPS) is 23.8. The van der Waals surface area contributed by atoms with Crippen LogP contribution < -0.4 is 16.4 Å². The number of rotatable bonds is 5. The average molecular weight is 315 g/mol. The second kappa shape index (κ2) is 7.42. The summed E-state index contributed by atoms with van der Waals surface area (Å²) < 4.78 is 0. The fourth-order valence-electron chi connectivity index (χ4n) is 2.99. The van der Waals surface area contributed by atoms with E-state index in [-0.39, 0.29) is 17.7 Å². The Hall–Kier alpha value is -2.14. The largest absolute Gasteiger partial charge is 0.349 e. The van der Waals surface area contributed by atoms with Gasteiger partial charge in [0.05, 0.1) is 5.92 Å². The number of nitrogens with two attached hydrogens (primary N) is 1. The van der Waals surface area contributed by atoms with Crippen molar-refractivity contribution in [1.29, 1.82) is 0 Å². The monoisotopic (exact) mass is 315 g/mol. The molecule has 0 radical (unpaired) electrons. The van der Waals surface area contributed by atoms with Gasteiger partial charge in [-0.1, -0.05) is 18.9 Å². The molecular formula is C18H25N3O2. The van der Waals surface area contributed by atoms with Crippen molar-refractivity contribution in [1.82, 2.24) is 5.32 Å². The summed E-state index contributed by atoms with van der Waals surface area (Å²) in [7, 11) is 0. The van der Waals surface area contributed by atoms with E-state index < -0.39 is 5.54 Å². The zero-order valence-corrected chi connectivity index (χ0v) is 13.6. The van der Waals surface area contributed by atoms with Crippen molar-refractivity contribution < 1.29 is 9.59 Å². The van der Waals surface area contributed by atoms with Crippen molar-refractivity contribution in [2.24, 2.45) is 11.7 Å². The van der Waals surface area contributed by atoms with Gasteiger partial charge in [0, 0.05) is 23.3 Å². The molecule has 0 saturated heterocycles. The molecule has 5 nitrogen and oxygen atoms in total. The molecule has 2 rings (SSSR count). The van der Waals surface area contributed by atoms with Crippen LogP contribution in [0.5, 0.6) is 0 Å². The van der Waals surface area contributed by atoms with E-state index in [4.69, 9.17) is 5.73 Å². The Morgan fingerprint density at radius 2 is 2.04 bits per heavy atom. The Bertz CT molecular complexity index is 578. The smallest absolute Gasteiger partial charge is 0.251 e. The molecule has 124 valence electrons. The van der Waals surface area contributed by atoms with Gasteiger partial charge in [0.2, 0.25) is 5.91 Å². The Kier molecular flexibility index (Phi) is 5.55. The minimum Gasteiger partial charge on any atom is -0.349 e. The first-order chi connectivity index (χ1) is 10.9. The predicted molar refractivity (Wildman–Crippen MR) is 92.2 cm³/mol. The van der Waals surface area contributed by atoms with E-state index in [1.165, 1.54) is 0 Å². The summed E-state index contributed by atoms with van der Waals surface area (Å²) in [5, 5.41) is 5.62. The number of carbonyl (C=O) groups excluding carboxylic acids is 2. The Labute approximate surface area is 137 Å². The third-order valence-electron chi connectivity index (χ3n) is 4.39. The molecular weight excluding hydrogens is 290 g/mol. The lowest BCUT2D eigenvalue weighted by molar-refractivity contribution is -0.122. The van der Waals surface area contributed by atoms with Crippen LogP contribution in [0.2, 0.25) is 0 Å². The molecule has 2 atom stereocenters. The van der Waals surface area contributed by atoms with E-state index in [2.05, 4.69) is 17.2 Å². The molecule has 1 aliphatic rings. The molecule has 4 N–H and O–H groups in total. The number of anilines is 1. The molecule has 0 spiro atoms. The average Bonchev–Trinajstić information content (AvgIpc) is 2.52. The molecule has 1 saturated carbocycles. The zero-order valence-electron chi connectivity index (χ0n) is 13.6. The minimum absolute atomic E-state index is 0.0430. The van der Waals surface area contributed by atoms with Gasteiger partial charge in [0.25, 0.3) is 5.91 Å². The van der Waals surface area contributed by atoms with E-state index in [1.54, 1.807) is 30.3 Å². The fraction of sp³-hybridized carbons (Fsp3) is 0.444. The number of hydrogen-bond donors (Lipinski definition) is 3. The highest BCUT2D eigenvalue weighted by atomic mass is 16.2. The van der Waals surface area contributed by atoms with Crippen LogP contribution in [-0.2, 0) is 4.79 Å². The molecule has 2 unspecified atom stereocenters. The molecule has 0 aromatic heterocycles. The van der Waals surface area contributed by atoms with Crippen molar-refractivity contribution in [2.75, 3.05) is 11.9 Å². The third-order valence-corrected chi connectivity index (χ3v) is 4.39. The zero-order chi connectivity index (χ0) is 16.9. The van der Waals surface area contributed by atoms with Crippen LogP contribution in [0.1, 0.15) is 43.0 Å². The van der Waals surface area contributed by atoms with Gasteiger partial charge in [-0.25, -0.2) is 0 Å². The summed E-state index contributed by atoms with van der Waals surface area (Å²) in [6.07, 6.45) is 5.42. The minimum atomic E-state index is -0.452.